The first-order valence-electron chi connectivity index (χ1n) is 10.5. The summed E-state index contributed by atoms with van der Waals surface area (Å²) < 4.78 is 1.34. The van der Waals surface area contributed by atoms with Crippen LogP contribution in [0.3, 0.4) is 0 Å². The lowest BCUT2D eigenvalue weighted by atomic mass is 9.77. The Morgan fingerprint density at radius 1 is 0.654 bits per heavy atom. The van der Waals surface area contributed by atoms with Crippen molar-refractivity contribution < 1.29 is 0 Å². The maximum atomic E-state index is 2.39. The Morgan fingerprint density at radius 2 is 1.04 bits per heavy atom. The lowest BCUT2D eigenvalue weighted by molar-refractivity contribution is 0.253. The van der Waals surface area contributed by atoms with Crippen molar-refractivity contribution in [3.05, 3.63) is 68.8 Å². The molecule has 0 heterocycles. The zero-order chi connectivity index (χ0) is 18.2. The van der Waals surface area contributed by atoms with Crippen molar-refractivity contribution in [2.45, 2.75) is 71.1 Å². The van der Waals surface area contributed by atoms with E-state index >= 15 is 0 Å². The molecule has 0 saturated heterocycles. The molecule has 0 aliphatic heterocycles. The summed E-state index contributed by atoms with van der Waals surface area (Å²) >= 11 is 2.39. The smallest absolute Gasteiger partial charge is 0.0130 e. The Bertz CT molecular complexity index is 633. The minimum atomic E-state index is 0.957. The second kappa shape index (κ2) is 10.5. The minimum Gasteiger partial charge on any atom is -0.0651 e. The fourth-order valence-corrected chi connectivity index (χ4v) is 4.72. The summed E-state index contributed by atoms with van der Waals surface area (Å²) in [7, 11) is 0. The van der Waals surface area contributed by atoms with Crippen molar-refractivity contribution in [2.24, 2.45) is 11.8 Å². The maximum absolute atomic E-state index is 2.39. The Balaban J connectivity index is 1.35. The van der Waals surface area contributed by atoms with Gasteiger partial charge < -0.3 is 0 Å². The number of benzene rings is 2. The van der Waals surface area contributed by atoms with Crippen LogP contribution in [0, 0.1) is 15.4 Å². The molecule has 1 fully saturated rings. The topological polar surface area (TPSA) is 0 Å². The van der Waals surface area contributed by atoms with Gasteiger partial charge in [-0.25, -0.2) is 0 Å². The molecule has 0 spiro atoms. The van der Waals surface area contributed by atoms with Crippen molar-refractivity contribution in [1.29, 1.82) is 0 Å². The second-order valence-corrected chi connectivity index (χ2v) is 9.40. The first-order chi connectivity index (χ1) is 12.7. The summed E-state index contributed by atoms with van der Waals surface area (Å²) in [5.41, 5.74) is 4.54. The number of hydrogen-bond donors (Lipinski definition) is 0. The van der Waals surface area contributed by atoms with Gasteiger partial charge in [-0.05, 0) is 95.4 Å². The summed E-state index contributed by atoms with van der Waals surface area (Å²) in [6.07, 6.45) is 13.5. The van der Waals surface area contributed by atoms with Crippen LogP contribution in [0.1, 0.15) is 68.6 Å². The third-order valence-corrected chi connectivity index (χ3v) is 6.84. The van der Waals surface area contributed by atoms with E-state index in [2.05, 4.69) is 78.0 Å². The molecule has 1 saturated carbocycles. The van der Waals surface area contributed by atoms with Crippen molar-refractivity contribution in [3.8, 4) is 0 Å². The van der Waals surface area contributed by atoms with Gasteiger partial charge in [0.1, 0.15) is 0 Å². The van der Waals surface area contributed by atoms with Gasteiger partial charge in [-0.15, -0.1) is 0 Å². The maximum Gasteiger partial charge on any atom is 0.0130 e. The third-order valence-electron chi connectivity index (χ3n) is 6.12. The quantitative estimate of drug-likeness (QED) is 0.356. The minimum absolute atomic E-state index is 0.957. The summed E-state index contributed by atoms with van der Waals surface area (Å²) in [5.74, 6) is 1.92. The highest BCUT2D eigenvalue weighted by Gasteiger charge is 2.20. The van der Waals surface area contributed by atoms with E-state index in [1.807, 2.05) is 0 Å². The standard InChI is InChI=1S/C25H33I/c1-2-3-20-4-6-21(7-5-20)8-9-22-10-12-23(13-11-22)14-15-24-16-18-25(26)19-17-24/h4-7,16-19,22-23H,2-3,8-15H2,1H3. The first kappa shape index (κ1) is 19.9. The van der Waals surface area contributed by atoms with E-state index < -0.39 is 0 Å². The molecule has 0 bridgehead atoms. The van der Waals surface area contributed by atoms with Crippen molar-refractivity contribution in [3.63, 3.8) is 0 Å². The number of halogens is 1. The highest BCUT2D eigenvalue weighted by Crippen LogP contribution is 2.34. The molecule has 0 unspecified atom stereocenters. The van der Waals surface area contributed by atoms with Gasteiger partial charge in [0, 0.05) is 3.57 Å². The molecule has 26 heavy (non-hydrogen) atoms. The molecule has 1 aliphatic rings. The average Bonchev–Trinajstić information content (AvgIpc) is 2.68. The van der Waals surface area contributed by atoms with Gasteiger partial charge in [-0.1, -0.05) is 75.4 Å². The predicted octanol–water partition coefficient (Wildman–Crippen LogP) is 7.62. The van der Waals surface area contributed by atoms with Crippen LogP contribution in [0.4, 0.5) is 0 Å². The van der Waals surface area contributed by atoms with Crippen molar-refractivity contribution >= 4 is 22.6 Å². The summed E-state index contributed by atoms with van der Waals surface area (Å²) in [6, 6.07) is 18.5. The summed E-state index contributed by atoms with van der Waals surface area (Å²) in [4.78, 5) is 0. The lowest BCUT2D eigenvalue weighted by Crippen LogP contribution is -2.15. The Morgan fingerprint density at radius 3 is 1.46 bits per heavy atom. The molecule has 0 radical (unpaired) electrons. The van der Waals surface area contributed by atoms with E-state index in [9.17, 15) is 0 Å². The van der Waals surface area contributed by atoms with E-state index in [1.54, 1.807) is 0 Å². The monoisotopic (exact) mass is 460 g/mol. The van der Waals surface area contributed by atoms with Crippen LogP contribution in [0.5, 0.6) is 0 Å². The van der Waals surface area contributed by atoms with Gasteiger partial charge in [-0.3, -0.25) is 0 Å². The van der Waals surface area contributed by atoms with E-state index in [4.69, 9.17) is 0 Å². The van der Waals surface area contributed by atoms with Crippen LogP contribution < -0.4 is 0 Å². The molecule has 0 nitrogen and oxygen atoms in total. The fourth-order valence-electron chi connectivity index (χ4n) is 4.36. The third kappa shape index (κ3) is 6.40. The SMILES string of the molecule is CCCc1ccc(CCC2CCC(CCc3ccc(I)cc3)CC2)cc1. The summed E-state index contributed by atoms with van der Waals surface area (Å²) in [6.45, 7) is 2.25. The van der Waals surface area contributed by atoms with Gasteiger partial charge in [0.2, 0.25) is 0 Å². The van der Waals surface area contributed by atoms with Gasteiger partial charge in [0.05, 0.1) is 0 Å². The van der Waals surface area contributed by atoms with Gasteiger partial charge in [0.15, 0.2) is 0 Å². The van der Waals surface area contributed by atoms with E-state index in [-0.39, 0.29) is 0 Å². The van der Waals surface area contributed by atoms with Crippen molar-refractivity contribution in [2.75, 3.05) is 0 Å². The second-order valence-electron chi connectivity index (χ2n) is 8.16. The lowest BCUT2D eigenvalue weighted by Gasteiger charge is -2.28. The van der Waals surface area contributed by atoms with Crippen LogP contribution in [0.15, 0.2) is 48.5 Å². The molecule has 1 heteroatoms. The Hall–Kier alpha value is -0.830. The number of rotatable bonds is 8. The molecule has 0 aromatic heterocycles. The van der Waals surface area contributed by atoms with Gasteiger partial charge in [-0.2, -0.15) is 0 Å². The molecule has 2 aromatic rings. The highest BCUT2D eigenvalue weighted by atomic mass is 127. The Kier molecular flexibility index (Phi) is 8.04. The van der Waals surface area contributed by atoms with Crippen LogP contribution in [0.2, 0.25) is 0 Å². The number of hydrogen-bond acceptors (Lipinski definition) is 0. The molecule has 0 N–H and O–H groups in total. The van der Waals surface area contributed by atoms with Crippen LogP contribution >= 0.6 is 22.6 Å². The molecular formula is C25H33I. The average molecular weight is 460 g/mol. The largest absolute Gasteiger partial charge is 0.0651 e. The molecule has 0 amide bonds. The van der Waals surface area contributed by atoms with Crippen LogP contribution in [-0.2, 0) is 19.3 Å². The van der Waals surface area contributed by atoms with Crippen LogP contribution in [-0.4, -0.2) is 0 Å². The number of aryl methyl sites for hydroxylation is 3. The highest BCUT2D eigenvalue weighted by molar-refractivity contribution is 14.1. The molecular weight excluding hydrogens is 427 g/mol. The Labute approximate surface area is 173 Å². The first-order valence-corrected chi connectivity index (χ1v) is 11.6. The van der Waals surface area contributed by atoms with Crippen molar-refractivity contribution in [1.82, 2.24) is 0 Å². The van der Waals surface area contributed by atoms with Gasteiger partial charge in [0.25, 0.3) is 0 Å². The molecule has 1 aliphatic carbocycles. The van der Waals surface area contributed by atoms with E-state index in [0.717, 1.165) is 11.8 Å². The molecule has 3 rings (SSSR count). The van der Waals surface area contributed by atoms with E-state index in [0.29, 0.717) is 0 Å². The van der Waals surface area contributed by atoms with Gasteiger partial charge >= 0.3 is 0 Å². The fraction of sp³-hybridized carbons (Fsp3) is 0.520. The normalized spacial score (nSPS) is 20.2. The molecule has 2 aromatic carbocycles. The summed E-state index contributed by atoms with van der Waals surface area (Å²) in [5, 5.41) is 0. The molecule has 0 atom stereocenters. The predicted molar refractivity (Wildman–Crippen MR) is 122 cm³/mol. The van der Waals surface area contributed by atoms with Crippen LogP contribution in [0.25, 0.3) is 0 Å². The van der Waals surface area contributed by atoms with E-state index in [1.165, 1.54) is 84.5 Å². The molecule has 140 valence electrons. The zero-order valence-corrected chi connectivity index (χ0v) is 18.4. The zero-order valence-electron chi connectivity index (χ0n) is 16.2.